The van der Waals surface area contributed by atoms with Crippen LogP contribution in [0.15, 0.2) is 17.6 Å². The van der Waals surface area contributed by atoms with Crippen molar-refractivity contribution >= 4 is 5.96 Å². The lowest BCUT2D eigenvalue weighted by Crippen LogP contribution is -2.38. The number of unbranched alkanes of at least 4 members (excludes halogenated alkanes) is 1. The summed E-state index contributed by atoms with van der Waals surface area (Å²) in [5.41, 5.74) is 0. The van der Waals surface area contributed by atoms with Crippen LogP contribution in [0.25, 0.3) is 0 Å². The van der Waals surface area contributed by atoms with E-state index in [1.165, 1.54) is 0 Å². The summed E-state index contributed by atoms with van der Waals surface area (Å²) in [7, 11) is 1.67. The zero-order chi connectivity index (χ0) is 16.6. The first-order chi connectivity index (χ1) is 11.4. The summed E-state index contributed by atoms with van der Waals surface area (Å²) in [5, 5.41) is 14.2. The molecule has 23 heavy (non-hydrogen) atoms. The largest absolute Gasteiger partial charge is 0.382 e. The second kappa shape index (κ2) is 14.0. The molecule has 0 saturated heterocycles. The molecule has 2 N–H and O–H groups in total. The number of hydrogen-bond acceptors (Lipinski definition) is 5. The Kier molecular flexibility index (Phi) is 11.8. The lowest BCUT2D eigenvalue weighted by atomic mass is 10.3. The zero-order valence-electron chi connectivity index (χ0n) is 14.3. The van der Waals surface area contributed by atoms with E-state index < -0.39 is 0 Å². The lowest BCUT2D eigenvalue weighted by Gasteiger charge is -2.11. The maximum Gasteiger partial charge on any atom is 0.191 e. The second-order valence-electron chi connectivity index (χ2n) is 5.05. The number of rotatable bonds is 13. The maximum absolute atomic E-state index is 5.42. The number of methoxy groups -OCH3 is 1. The number of nitrogens with one attached hydrogen (secondary N) is 2. The van der Waals surface area contributed by atoms with E-state index in [-0.39, 0.29) is 0 Å². The molecule has 0 fully saturated rings. The van der Waals surface area contributed by atoms with Gasteiger partial charge in [0, 0.05) is 39.9 Å². The Morgan fingerprint density at radius 1 is 1.09 bits per heavy atom. The van der Waals surface area contributed by atoms with E-state index in [1.54, 1.807) is 19.8 Å². The Hall–Kier alpha value is -1.67. The minimum absolute atomic E-state index is 0.641. The third-order valence-electron chi connectivity index (χ3n) is 3.09. The molecule has 0 aliphatic rings. The van der Waals surface area contributed by atoms with Crippen LogP contribution in [0, 0.1) is 0 Å². The van der Waals surface area contributed by atoms with Gasteiger partial charge in [0.25, 0.3) is 0 Å². The minimum atomic E-state index is 0.641. The Labute approximate surface area is 138 Å². The number of aromatic nitrogens is 3. The van der Waals surface area contributed by atoms with Crippen molar-refractivity contribution in [3.8, 4) is 0 Å². The Morgan fingerprint density at radius 3 is 2.65 bits per heavy atom. The highest BCUT2D eigenvalue weighted by Crippen LogP contribution is 1.93. The van der Waals surface area contributed by atoms with Crippen molar-refractivity contribution in [2.45, 2.75) is 32.7 Å². The van der Waals surface area contributed by atoms with Gasteiger partial charge in [0.2, 0.25) is 0 Å². The van der Waals surface area contributed by atoms with E-state index in [0.717, 1.165) is 51.4 Å². The fourth-order valence-corrected chi connectivity index (χ4v) is 1.91. The number of hydrogen-bond donors (Lipinski definition) is 2. The summed E-state index contributed by atoms with van der Waals surface area (Å²) in [4.78, 5) is 4.54. The Bertz CT molecular complexity index is 397. The van der Waals surface area contributed by atoms with Gasteiger partial charge in [-0.15, -0.1) is 10.2 Å². The molecule has 8 nitrogen and oxygen atoms in total. The van der Waals surface area contributed by atoms with Gasteiger partial charge < -0.3 is 24.7 Å². The summed E-state index contributed by atoms with van der Waals surface area (Å²) < 4.78 is 12.3. The van der Waals surface area contributed by atoms with Gasteiger partial charge in [0.1, 0.15) is 12.7 Å². The van der Waals surface area contributed by atoms with E-state index >= 15 is 0 Å². The summed E-state index contributed by atoms with van der Waals surface area (Å²) in [6.45, 7) is 7.52. The first-order valence-corrected chi connectivity index (χ1v) is 8.28. The highest BCUT2D eigenvalue weighted by atomic mass is 16.5. The molecule has 1 aromatic rings. The van der Waals surface area contributed by atoms with Crippen LogP contribution in [0.3, 0.4) is 0 Å². The van der Waals surface area contributed by atoms with Crippen LogP contribution in [0.4, 0.5) is 0 Å². The van der Waals surface area contributed by atoms with Crippen LogP contribution in [0.5, 0.6) is 0 Å². The smallest absolute Gasteiger partial charge is 0.191 e. The summed E-state index contributed by atoms with van der Waals surface area (Å²) in [5.74, 6) is 0.869. The molecule has 0 saturated carbocycles. The third kappa shape index (κ3) is 10.6. The summed E-state index contributed by atoms with van der Waals surface area (Å²) >= 11 is 0. The van der Waals surface area contributed by atoms with Gasteiger partial charge in [-0.2, -0.15) is 0 Å². The van der Waals surface area contributed by atoms with Crippen LogP contribution in [-0.2, 0) is 16.0 Å². The molecule has 0 amide bonds. The topological polar surface area (TPSA) is 85.6 Å². The van der Waals surface area contributed by atoms with Crippen LogP contribution in [0.1, 0.15) is 26.2 Å². The van der Waals surface area contributed by atoms with Crippen molar-refractivity contribution in [2.24, 2.45) is 4.99 Å². The first-order valence-electron chi connectivity index (χ1n) is 8.28. The van der Waals surface area contributed by atoms with Gasteiger partial charge in [-0.3, -0.25) is 4.99 Å². The molecule has 0 atom stereocenters. The Morgan fingerprint density at radius 2 is 1.91 bits per heavy atom. The SMILES string of the molecule is CCNC(=NCCCOCCOC)NCCCCn1cnnc1. The minimum Gasteiger partial charge on any atom is -0.382 e. The van der Waals surface area contributed by atoms with Crippen molar-refractivity contribution in [1.82, 2.24) is 25.4 Å². The molecule has 0 bridgehead atoms. The predicted octanol–water partition coefficient (Wildman–Crippen LogP) is 0.667. The molecule has 132 valence electrons. The molecule has 0 unspecified atom stereocenters. The van der Waals surface area contributed by atoms with Gasteiger partial charge >= 0.3 is 0 Å². The van der Waals surface area contributed by atoms with Gasteiger partial charge in [-0.05, 0) is 26.2 Å². The zero-order valence-corrected chi connectivity index (χ0v) is 14.3. The van der Waals surface area contributed by atoms with Gasteiger partial charge in [0.05, 0.1) is 13.2 Å². The quantitative estimate of drug-likeness (QED) is 0.315. The number of nitrogens with zero attached hydrogens (tertiary/aromatic N) is 4. The molecule has 1 heterocycles. The molecule has 0 spiro atoms. The van der Waals surface area contributed by atoms with Crippen molar-refractivity contribution < 1.29 is 9.47 Å². The predicted molar refractivity (Wildman–Crippen MR) is 90.5 cm³/mol. The number of ether oxygens (including phenoxy) is 2. The van der Waals surface area contributed by atoms with Crippen LogP contribution < -0.4 is 10.6 Å². The van der Waals surface area contributed by atoms with Crippen LogP contribution in [-0.4, -0.2) is 67.3 Å². The van der Waals surface area contributed by atoms with E-state index in [9.17, 15) is 0 Å². The fraction of sp³-hybridized carbons (Fsp3) is 0.800. The third-order valence-corrected chi connectivity index (χ3v) is 3.09. The second-order valence-corrected chi connectivity index (χ2v) is 5.05. The first kappa shape index (κ1) is 19.4. The fourth-order valence-electron chi connectivity index (χ4n) is 1.91. The van der Waals surface area contributed by atoms with E-state index in [1.807, 2.05) is 4.57 Å². The molecular weight excluding hydrogens is 296 g/mol. The summed E-state index contributed by atoms with van der Waals surface area (Å²) in [6.07, 6.45) is 6.55. The maximum atomic E-state index is 5.42. The number of aliphatic imine (C=N–C) groups is 1. The van der Waals surface area contributed by atoms with E-state index in [0.29, 0.717) is 19.8 Å². The molecule has 0 aliphatic carbocycles. The average Bonchev–Trinajstić information content (AvgIpc) is 3.07. The number of guanidine groups is 1. The van der Waals surface area contributed by atoms with Crippen LogP contribution >= 0.6 is 0 Å². The van der Waals surface area contributed by atoms with Gasteiger partial charge in [-0.25, -0.2) is 0 Å². The highest BCUT2D eigenvalue weighted by molar-refractivity contribution is 5.79. The standard InChI is InChI=1S/C15H30N6O2/c1-3-16-15(18-8-6-10-23-12-11-22-2)17-7-4-5-9-21-13-19-20-14-21/h13-14H,3-12H2,1-2H3,(H2,16,17,18). The van der Waals surface area contributed by atoms with E-state index in [4.69, 9.17) is 9.47 Å². The van der Waals surface area contributed by atoms with Gasteiger partial charge in [0.15, 0.2) is 5.96 Å². The van der Waals surface area contributed by atoms with Crippen molar-refractivity contribution in [3.63, 3.8) is 0 Å². The molecule has 0 radical (unpaired) electrons. The molecule has 1 aromatic heterocycles. The van der Waals surface area contributed by atoms with Crippen LogP contribution in [0.2, 0.25) is 0 Å². The van der Waals surface area contributed by atoms with Crippen molar-refractivity contribution in [2.75, 3.05) is 46.6 Å². The molecular formula is C15H30N6O2. The highest BCUT2D eigenvalue weighted by Gasteiger charge is 1.97. The van der Waals surface area contributed by atoms with Crippen molar-refractivity contribution in [1.29, 1.82) is 0 Å². The summed E-state index contributed by atoms with van der Waals surface area (Å²) in [6, 6.07) is 0. The van der Waals surface area contributed by atoms with Crippen molar-refractivity contribution in [3.05, 3.63) is 12.7 Å². The molecule has 8 heteroatoms. The molecule has 0 aromatic carbocycles. The molecule has 1 rings (SSSR count). The average molecular weight is 326 g/mol. The lowest BCUT2D eigenvalue weighted by molar-refractivity contribution is 0.0702. The van der Waals surface area contributed by atoms with Gasteiger partial charge in [-0.1, -0.05) is 0 Å². The van der Waals surface area contributed by atoms with E-state index in [2.05, 4.69) is 32.7 Å². The Balaban J connectivity index is 2.06. The molecule has 0 aliphatic heterocycles. The normalized spacial score (nSPS) is 11.7. The number of aryl methyl sites for hydroxylation is 1. The monoisotopic (exact) mass is 326 g/mol.